The first-order valence-corrected chi connectivity index (χ1v) is 8.02. The van der Waals surface area contributed by atoms with E-state index in [0.29, 0.717) is 6.54 Å². The molecule has 0 aliphatic heterocycles. The van der Waals surface area contributed by atoms with Gasteiger partial charge in [-0.25, -0.2) is 0 Å². The molecule has 0 saturated heterocycles. The molecule has 0 heterocycles. The Labute approximate surface area is 137 Å². The molecule has 0 radical (unpaired) electrons. The van der Waals surface area contributed by atoms with Crippen LogP contribution in [0.15, 0.2) is 42.6 Å². The third kappa shape index (κ3) is 4.46. The average Bonchev–Trinajstić information content (AvgIpc) is 2.58. The van der Waals surface area contributed by atoms with Gasteiger partial charge in [0.2, 0.25) is 0 Å². The van der Waals surface area contributed by atoms with Crippen molar-refractivity contribution in [2.45, 2.75) is 38.6 Å². The van der Waals surface area contributed by atoms with Gasteiger partial charge in [0.25, 0.3) is 5.91 Å². The molecule has 1 aliphatic carbocycles. The van der Waals surface area contributed by atoms with Crippen LogP contribution in [0.25, 0.3) is 0 Å². The number of aryl methyl sites for hydroxylation is 2. The van der Waals surface area contributed by atoms with Gasteiger partial charge in [-0.05, 0) is 49.3 Å². The number of hydrogen-bond donors (Lipinski definition) is 2. The second kappa shape index (κ2) is 8.19. The first-order chi connectivity index (χ1) is 11.2. The Kier molecular flexibility index (Phi) is 5.99. The van der Waals surface area contributed by atoms with Crippen LogP contribution in [0.5, 0.6) is 0 Å². The van der Waals surface area contributed by atoms with E-state index in [1.807, 2.05) is 13.0 Å². The zero-order valence-electron chi connectivity index (χ0n) is 13.6. The molecule has 2 rings (SSSR count). The minimum atomic E-state index is -0.366. The van der Waals surface area contributed by atoms with E-state index in [1.165, 1.54) is 30.2 Å². The van der Waals surface area contributed by atoms with E-state index < -0.39 is 0 Å². The first kappa shape index (κ1) is 16.8. The highest BCUT2D eigenvalue weighted by Crippen LogP contribution is 2.24. The number of hydrogen-bond acceptors (Lipinski definition) is 3. The second-order valence-electron chi connectivity index (χ2n) is 5.80. The lowest BCUT2D eigenvalue weighted by Crippen LogP contribution is -2.28. The number of benzene rings is 1. The monoisotopic (exact) mass is 309 g/mol. The highest BCUT2D eigenvalue weighted by atomic mass is 16.1. The molecule has 120 valence electrons. The largest absolute Gasteiger partial charge is 0.386 e. The maximum Gasteiger partial charge on any atom is 0.263 e. The number of fused-ring (bicyclic) bond motifs is 1. The second-order valence-corrected chi connectivity index (χ2v) is 5.80. The molecular formula is C19H23N3O. The van der Waals surface area contributed by atoms with E-state index in [2.05, 4.69) is 35.4 Å². The summed E-state index contributed by atoms with van der Waals surface area (Å²) in [5.74, 6) is -0.366. The summed E-state index contributed by atoms with van der Waals surface area (Å²) >= 11 is 0. The lowest BCUT2D eigenvalue weighted by Gasteiger charge is -2.20. The SMILES string of the molecule is C=CCN/C=C(/C#N)C(=O)NC(C)c1ccc2c(c1)CCCC2. The molecule has 0 saturated carbocycles. The Morgan fingerprint density at radius 2 is 2.13 bits per heavy atom. The Morgan fingerprint density at radius 1 is 1.39 bits per heavy atom. The van der Waals surface area contributed by atoms with Crippen molar-refractivity contribution in [1.82, 2.24) is 10.6 Å². The molecule has 0 fully saturated rings. The average molecular weight is 309 g/mol. The van der Waals surface area contributed by atoms with Gasteiger partial charge in [0, 0.05) is 12.7 Å². The van der Waals surface area contributed by atoms with Crippen molar-refractivity contribution in [3.05, 3.63) is 59.3 Å². The Bertz CT molecular complexity index is 655. The molecule has 1 aliphatic rings. The number of carbonyl (C=O) groups excluding carboxylic acids is 1. The fourth-order valence-electron chi connectivity index (χ4n) is 2.77. The summed E-state index contributed by atoms with van der Waals surface area (Å²) in [6, 6.07) is 8.21. The van der Waals surface area contributed by atoms with E-state index in [1.54, 1.807) is 6.08 Å². The summed E-state index contributed by atoms with van der Waals surface area (Å²) in [5.41, 5.74) is 3.95. The topological polar surface area (TPSA) is 64.9 Å². The van der Waals surface area contributed by atoms with Gasteiger partial charge in [-0.1, -0.05) is 24.3 Å². The number of nitrogens with one attached hydrogen (secondary N) is 2. The summed E-state index contributed by atoms with van der Waals surface area (Å²) < 4.78 is 0. The third-order valence-corrected chi connectivity index (χ3v) is 4.09. The van der Waals surface area contributed by atoms with Crippen molar-refractivity contribution in [3.63, 3.8) is 0 Å². The molecule has 1 atom stereocenters. The number of rotatable bonds is 6. The molecule has 2 N–H and O–H groups in total. The molecule has 4 heteroatoms. The quantitative estimate of drug-likeness (QED) is 0.367. The first-order valence-electron chi connectivity index (χ1n) is 8.02. The van der Waals surface area contributed by atoms with Crippen LogP contribution in [-0.2, 0) is 17.6 Å². The van der Waals surface area contributed by atoms with Crippen LogP contribution in [-0.4, -0.2) is 12.5 Å². The summed E-state index contributed by atoms with van der Waals surface area (Å²) in [7, 11) is 0. The summed E-state index contributed by atoms with van der Waals surface area (Å²) in [6.07, 6.45) is 7.83. The van der Waals surface area contributed by atoms with Crippen LogP contribution < -0.4 is 10.6 Å². The van der Waals surface area contributed by atoms with Gasteiger partial charge in [0.05, 0.1) is 6.04 Å². The Balaban J connectivity index is 2.04. The lowest BCUT2D eigenvalue weighted by atomic mass is 9.89. The highest BCUT2D eigenvalue weighted by Gasteiger charge is 2.16. The molecule has 1 aromatic rings. The molecular weight excluding hydrogens is 286 g/mol. The smallest absolute Gasteiger partial charge is 0.263 e. The number of carbonyl (C=O) groups is 1. The number of nitriles is 1. The standard InChI is InChI=1S/C19H23N3O/c1-3-10-21-13-18(12-20)19(23)22-14(2)16-9-8-15-6-4-5-7-17(15)11-16/h3,8-9,11,13-14,21H,1,4-7,10H2,2H3,(H,22,23)/b18-13-. The zero-order chi connectivity index (χ0) is 16.7. The van der Waals surface area contributed by atoms with E-state index in [0.717, 1.165) is 18.4 Å². The van der Waals surface area contributed by atoms with Crippen molar-refractivity contribution in [3.8, 4) is 6.07 Å². The Hall–Kier alpha value is -2.54. The van der Waals surface area contributed by atoms with Gasteiger partial charge < -0.3 is 10.6 Å². The normalized spacial score (nSPS) is 15.0. The predicted octanol–water partition coefficient (Wildman–Crippen LogP) is 2.93. The van der Waals surface area contributed by atoms with Crippen LogP contribution in [0, 0.1) is 11.3 Å². The molecule has 23 heavy (non-hydrogen) atoms. The third-order valence-electron chi connectivity index (χ3n) is 4.09. The maximum absolute atomic E-state index is 12.2. The van der Waals surface area contributed by atoms with Crippen LogP contribution in [0.1, 0.15) is 42.5 Å². The fraction of sp³-hybridized carbons (Fsp3) is 0.368. The van der Waals surface area contributed by atoms with Crippen molar-refractivity contribution in [2.24, 2.45) is 0 Å². The summed E-state index contributed by atoms with van der Waals surface area (Å²) in [6.45, 7) is 6.03. The molecule has 4 nitrogen and oxygen atoms in total. The van der Waals surface area contributed by atoms with Crippen LogP contribution >= 0.6 is 0 Å². The molecule has 1 amide bonds. The summed E-state index contributed by atoms with van der Waals surface area (Å²) in [5, 5.41) is 14.8. The summed E-state index contributed by atoms with van der Waals surface area (Å²) in [4.78, 5) is 12.2. The lowest BCUT2D eigenvalue weighted by molar-refractivity contribution is -0.117. The van der Waals surface area contributed by atoms with E-state index >= 15 is 0 Å². The maximum atomic E-state index is 12.2. The number of nitrogens with zero attached hydrogens (tertiary/aromatic N) is 1. The van der Waals surface area contributed by atoms with Crippen LogP contribution in [0.2, 0.25) is 0 Å². The van der Waals surface area contributed by atoms with E-state index in [4.69, 9.17) is 5.26 Å². The molecule has 1 unspecified atom stereocenters. The minimum Gasteiger partial charge on any atom is -0.386 e. The van der Waals surface area contributed by atoms with E-state index in [-0.39, 0.29) is 17.5 Å². The minimum absolute atomic E-state index is 0.0664. The molecule has 0 aromatic heterocycles. The van der Waals surface area contributed by atoms with Crippen LogP contribution in [0.3, 0.4) is 0 Å². The molecule has 0 bridgehead atoms. The molecule has 1 aromatic carbocycles. The molecule has 0 spiro atoms. The fourth-order valence-corrected chi connectivity index (χ4v) is 2.77. The predicted molar refractivity (Wildman–Crippen MR) is 91.5 cm³/mol. The van der Waals surface area contributed by atoms with Gasteiger partial charge in [0.15, 0.2) is 0 Å². The van der Waals surface area contributed by atoms with Gasteiger partial charge in [0.1, 0.15) is 11.6 Å². The van der Waals surface area contributed by atoms with Crippen molar-refractivity contribution >= 4 is 5.91 Å². The zero-order valence-corrected chi connectivity index (χ0v) is 13.6. The highest BCUT2D eigenvalue weighted by molar-refractivity contribution is 5.97. The number of amides is 1. The van der Waals surface area contributed by atoms with Crippen molar-refractivity contribution < 1.29 is 4.79 Å². The van der Waals surface area contributed by atoms with Gasteiger partial charge >= 0.3 is 0 Å². The Morgan fingerprint density at radius 3 is 2.83 bits per heavy atom. The van der Waals surface area contributed by atoms with Gasteiger partial charge in [-0.3, -0.25) is 4.79 Å². The van der Waals surface area contributed by atoms with Gasteiger partial charge in [-0.2, -0.15) is 5.26 Å². The van der Waals surface area contributed by atoms with Crippen LogP contribution in [0.4, 0.5) is 0 Å². The van der Waals surface area contributed by atoms with Crippen molar-refractivity contribution in [2.75, 3.05) is 6.54 Å². The van der Waals surface area contributed by atoms with Crippen molar-refractivity contribution in [1.29, 1.82) is 5.26 Å². The van der Waals surface area contributed by atoms with E-state index in [9.17, 15) is 4.79 Å². The van der Waals surface area contributed by atoms with Gasteiger partial charge in [-0.15, -0.1) is 6.58 Å².